The Morgan fingerprint density at radius 2 is 0.667 bits per heavy atom. The molecule has 0 rings (SSSR count). The van der Waals surface area contributed by atoms with Crippen molar-refractivity contribution in [3.8, 4) is 0 Å². The summed E-state index contributed by atoms with van der Waals surface area (Å²) in [5.41, 5.74) is 0. The third kappa shape index (κ3) is 19.7. The van der Waals surface area contributed by atoms with Gasteiger partial charge in [0, 0.05) is 0 Å². The summed E-state index contributed by atoms with van der Waals surface area (Å²) in [6, 6.07) is 0. The summed E-state index contributed by atoms with van der Waals surface area (Å²) in [5.74, 6) is 0. The van der Waals surface area contributed by atoms with Crippen molar-refractivity contribution in [2.75, 3.05) is 0 Å². The van der Waals surface area contributed by atoms with Crippen LogP contribution in [0.3, 0.4) is 0 Å². The van der Waals surface area contributed by atoms with E-state index in [0.717, 1.165) is 44.9 Å². The molecule has 0 aliphatic heterocycles. The number of hydrogen-bond acceptors (Lipinski definition) is 2. The zero-order chi connectivity index (χ0) is 20.4. The molecule has 0 fully saturated rings. The Morgan fingerprint density at radius 1 is 0.444 bits per heavy atom. The normalized spacial score (nSPS) is 16.1. The van der Waals surface area contributed by atoms with Gasteiger partial charge in [-0.2, -0.15) is 0 Å². The summed E-state index contributed by atoms with van der Waals surface area (Å²) in [7, 11) is 0. The van der Waals surface area contributed by atoms with Gasteiger partial charge in [0.05, 0.1) is 0 Å². The molecular formula is C21H46As2O4. The van der Waals surface area contributed by atoms with Gasteiger partial charge in [-0.1, -0.05) is 0 Å². The van der Waals surface area contributed by atoms with Crippen LogP contribution in [0.5, 0.6) is 0 Å². The second-order valence-corrected chi connectivity index (χ2v) is 19.0. The van der Waals surface area contributed by atoms with Crippen LogP contribution < -0.4 is 0 Å². The molecular weight excluding hydrogens is 466 g/mol. The second-order valence-electron chi connectivity index (χ2n) is 8.18. The predicted molar refractivity (Wildman–Crippen MR) is 117 cm³/mol. The summed E-state index contributed by atoms with van der Waals surface area (Å²) in [5, 5.41) is 1.88. The van der Waals surface area contributed by atoms with E-state index in [1.807, 2.05) is 0 Å². The topological polar surface area (TPSA) is 74.6 Å². The van der Waals surface area contributed by atoms with Crippen LogP contribution in [0.4, 0.5) is 0 Å². The summed E-state index contributed by atoms with van der Waals surface area (Å²) >= 11 is -7.26. The van der Waals surface area contributed by atoms with Crippen molar-refractivity contribution in [1.82, 2.24) is 0 Å². The molecule has 0 heterocycles. The van der Waals surface area contributed by atoms with Crippen LogP contribution in [0.2, 0.25) is 20.8 Å². The third-order valence-corrected chi connectivity index (χ3v) is 13.8. The van der Waals surface area contributed by atoms with Crippen molar-refractivity contribution in [3.63, 3.8) is 0 Å². The first-order valence-electron chi connectivity index (χ1n) is 11.4. The average Bonchev–Trinajstić information content (AvgIpc) is 2.60. The molecule has 0 saturated carbocycles. The maximum absolute atomic E-state index is 12.2. The Morgan fingerprint density at radius 3 is 0.963 bits per heavy atom. The van der Waals surface area contributed by atoms with E-state index in [1.165, 1.54) is 51.4 Å². The van der Waals surface area contributed by atoms with Gasteiger partial charge in [-0.05, 0) is 0 Å². The van der Waals surface area contributed by atoms with Crippen molar-refractivity contribution in [1.29, 1.82) is 0 Å². The summed E-state index contributed by atoms with van der Waals surface area (Å²) < 4.78 is 44.7. The van der Waals surface area contributed by atoms with E-state index < -0.39 is 27.7 Å². The Bertz CT molecular complexity index is 388. The van der Waals surface area contributed by atoms with Crippen molar-refractivity contribution < 1.29 is 15.7 Å². The molecule has 4 nitrogen and oxygen atoms in total. The van der Waals surface area contributed by atoms with Gasteiger partial charge in [-0.15, -0.1) is 0 Å². The first-order valence-corrected chi connectivity index (χ1v) is 20.0. The molecule has 164 valence electrons. The molecule has 0 saturated heterocycles. The van der Waals surface area contributed by atoms with Crippen LogP contribution in [-0.4, -0.2) is 35.9 Å². The number of rotatable bonds is 20. The number of hydrogen-bond donors (Lipinski definition) is 2. The molecule has 2 atom stereocenters. The Hall–Kier alpha value is 0.637. The quantitative estimate of drug-likeness (QED) is 0.142. The van der Waals surface area contributed by atoms with Gasteiger partial charge in [0.1, 0.15) is 0 Å². The fourth-order valence-electron chi connectivity index (χ4n) is 3.40. The van der Waals surface area contributed by atoms with Gasteiger partial charge in [0.25, 0.3) is 0 Å². The van der Waals surface area contributed by atoms with E-state index >= 15 is 0 Å². The van der Waals surface area contributed by atoms with Crippen LogP contribution in [0, 0.1) is 0 Å². The Labute approximate surface area is 174 Å². The zero-order valence-electron chi connectivity index (χ0n) is 18.0. The molecule has 27 heavy (non-hydrogen) atoms. The standard InChI is InChI=1S/C21H46As2O4/c1-3-5-7-9-11-14-18-22(24,25)20-16-13-17-21-23(26,27)19-15-12-10-8-6-4-2/h3-21H2,1-2H3,(H,24,25)(H,26,27). The first kappa shape index (κ1) is 27.6. The second kappa shape index (κ2) is 17.5. The number of unbranched alkanes of at least 4 members (excludes halogenated alkanes) is 12. The molecule has 0 aliphatic carbocycles. The van der Waals surface area contributed by atoms with E-state index in [2.05, 4.69) is 13.8 Å². The zero-order valence-corrected chi connectivity index (χ0v) is 21.8. The molecule has 0 radical (unpaired) electrons. The molecule has 2 N–H and O–H groups in total. The van der Waals surface area contributed by atoms with E-state index in [4.69, 9.17) is 0 Å². The predicted octanol–water partition coefficient (Wildman–Crippen LogP) is 6.61. The molecule has 0 aliphatic rings. The average molecular weight is 512 g/mol. The van der Waals surface area contributed by atoms with Crippen LogP contribution in [0.25, 0.3) is 0 Å². The SMILES string of the molecule is CCCCCCCC[As](=O)(O)CCCCC[As](=O)(O)CCCCCCCC. The van der Waals surface area contributed by atoms with Gasteiger partial charge < -0.3 is 0 Å². The first-order chi connectivity index (χ1) is 12.8. The molecule has 0 aromatic heterocycles. The summed E-state index contributed by atoms with van der Waals surface area (Å²) in [6.45, 7) is 4.38. The summed E-state index contributed by atoms with van der Waals surface area (Å²) in [4.78, 5) is 0. The minimum atomic E-state index is -3.63. The fraction of sp³-hybridized carbons (Fsp3) is 1.00. The van der Waals surface area contributed by atoms with Crippen LogP contribution in [0.1, 0.15) is 110 Å². The molecule has 0 aromatic carbocycles. The van der Waals surface area contributed by atoms with Crippen molar-refractivity contribution in [2.24, 2.45) is 0 Å². The van der Waals surface area contributed by atoms with Gasteiger partial charge in [-0.25, -0.2) is 0 Å². The monoisotopic (exact) mass is 512 g/mol. The Balaban J connectivity index is 3.65. The molecule has 2 unspecified atom stereocenters. The van der Waals surface area contributed by atoms with E-state index in [1.54, 1.807) is 0 Å². The summed E-state index contributed by atoms with van der Waals surface area (Å²) in [6.07, 6.45) is 16.0. The van der Waals surface area contributed by atoms with E-state index in [0.29, 0.717) is 20.8 Å². The van der Waals surface area contributed by atoms with Crippen molar-refractivity contribution >= 4 is 27.7 Å². The third-order valence-electron chi connectivity index (χ3n) is 5.24. The van der Waals surface area contributed by atoms with Gasteiger partial charge in [-0.3, -0.25) is 0 Å². The van der Waals surface area contributed by atoms with Gasteiger partial charge >= 0.3 is 174 Å². The molecule has 0 aromatic rings. The van der Waals surface area contributed by atoms with Gasteiger partial charge in [0.15, 0.2) is 0 Å². The Kier molecular flexibility index (Phi) is 17.9. The minimum absolute atomic E-state index is 0.438. The van der Waals surface area contributed by atoms with Crippen LogP contribution >= 0.6 is 0 Å². The maximum atomic E-state index is 12.2. The molecule has 6 heteroatoms. The van der Waals surface area contributed by atoms with Crippen LogP contribution in [0.15, 0.2) is 0 Å². The fourth-order valence-corrected chi connectivity index (χ4v) is 10.4. The van der Waals surface area contributed by atoms with Crippen LogP contribution in [-0.2, 0) is 7.48 Å². The molecule has 0 bridgehead atoms. The molecule has 0 spiro atoms. The van der Waals surface area contributed by atoms with E-state index in [-0.39, 0.29) is 0 Å². The van der Waals surface area contributed by atoms with Crippen molar-refractivity contribution in [3.05, 3.63) is 0 Å². The molecule has 0 amide bonds. The van der Waals surface area contributed by atoms with Gasteiger partial charge in [0.2, 0.25) is 0 Å². The van der Waals surface area contributed by atoms with E-state index in [9.17, 15) is 15.7 Å². The van der Waals surface area contributed by atoms with Crippen molar-refractivity contribution in [2.45, 2.75) is 131 Å².